The Hall–Kier alpha value is -1.96. The smallest absolute Gasteiger partial charge is 0.394 e. The molecule has 1 rings (SSSR count). The molecule has 0 fully saturated rings. The van der Waals surface area contributed by atoms with E-state index < -0.39 is 23.3 Å². The molecule has 0 saturated carbocycles. The summed E-state index contributed by atoms with van der Waals surface area (Å²) in [6.45, 7) is 2.75. The molecule has 1 aromatic rings. The monoisotopic (exact) mass is 319 g/mol. The summed E-state index contributed by atoms with van der Waals surface area (Å²) in [5.41, 5.74) is -1.85. The van der Waals surface area contributed by atoms with Crippen LogP contribution in [-0.2, 0) is 6.18 Å². The summed E-state index contributed by atoms with van der Waals surface area (Å²) in [6.07, 6.45) is -4.60. The Kier molecular flexibility index (Phi) is 5.29. The SMILES string of the molecule is CN(C)c1ccc(NC(=O)NC(C)(C)CO)c(C(F)(F)F)c1. The molecule has 1 aromatic carbocycles. The number of carbonyl (C=O) groups is 1. The van der Waals surface area contributed by atoms with Crippen molar-refractivity contribution in [3.8, 4) is 0 Å². The quantitative estimate of drug-likeness (QED) is 0.799. The van der Waals surface area contributed by atoms with E-state index in [0.717, 1.165) is 6.07 Å². The van der Waals surface area contributed by atoms with Crippen LogP contribution in [0.3, 0.4) is 0 Å². The number of hydrogen-bond donors (Lipinski definition) is 3. The predicted octanol–water partition coefficient (Wildman–Crippen LogP) is 2.66. The van der Waals surface area contributed by atoms with Crippen molar-refractivity contribution < 1.29 is 23.1 Å². The minimum atomic E-state index is -4.60. The molecule has 0 aliphatic heterocycles. The van der Waals surface area contributed by atoms with Gasteiger partial charge in [0.25, 0.3) is 0 Å². The summed E-state index contributed by atoms with van der Waals surface area (Å²) in [5.74, 6) is 0. The van der Waals surface area contributed by atoms with Crippen molar-refractivity contribution in [3.05, 3.63) is 23.8 Å². The van der Waals surface area contributed by atoms with E-state index in [4.69, 9.17) is 5.11 Å². The zero-order valence-corrected chi connectivity index (χ0v) is 12.9. The molecular formula is C14H20F3N3O2. The van der Waals surface area contributed by atoms with Gasteiger partial charge in [0.1, 0.15) is 0 Å². The van der Waals surface area contributed by atoms with Gasteiger partial charge in [-0.2, -0.15) is 13.2 Å². The largest absolute Gasteiger partial charge is 0.418 e. The lowest BCUT2D eigenvalue weighted by Crippen LogP contribution is -2.48. The van der Waals surface area contributed by atoms with Gasteiger partial charge in [0.15, 0.2) is 0 Å². The third kappa shape index (κ3) is 4.80. The number of halogens is 3. The Balaban J connectivity index is 3.07. The number of rotatable bonds is 4. The molecular weight excluding hydrogens is 299 g/mol. The van der Waals surface area contributed by atoms with Crippen LogP contribution in [0.5, 0.6) is 0 Å². The Morgan fingerprint density at radius 1 is 1.27 bits per heavy atom. The van der Waals surface area contributed by atoms with Crippen LogP contribution in [0, 0.1) is 0 Å². The first kappa shape index (κ1) is 18.1. The number of urea groups is 1. The summed E-state index contributed by atoms with van der Waals surface area (Å²) in [6, 6.07) is 2.82. The maximum Gasteiger partial charge on any atom is 0.418 e. The maximum atomic E-state index is 13.1. The number of hydrogen-bond acceptors (Lipinski definition) is 3. The van der Waals surface area contributed by atoms with Crippen molar-refractivity contribution in [2.75, 3.05) is 30.9 Å². The number of carbonyl (C=O) groups excluding carboxylic acids is 1. The fourth-order valence-corrected chi connectivity index (χ4v) is 1.65. The number of aliphatic hydroxyl groups excluding tert-OH is 1. The van der Waals surface area contributed by atoms with Crippen LogP contribution >= 0.6 is 0 Å². The van der Waals surface area contributed by atoms with Gasteiger partial charge >= 0.3 is 12.2 Å². The summed E-state index contributed by atoms with van der Waals surface area (Å²) < 4.78 is 39.3. The van der Waals surface area contributed by atoms with Gasteiger partial charge in [0, 0.05) is 19.8 Å². The lowest BCUT2D eigenvalue weighted by molar-refractivity contribution is -0.136. The normalized spacial score (nSPS) is 12.0. The highest BCUT2D eigenvalue weighted by Crippen LogP contribution is 2.37. The number of amides is 2. The zero-order chi connectivity index (χ0) is 17.1. The highest BCUT2D eigenvalue weighted by atomic mass is 19.4. The molecule has 0 saturated heterocycles. The molecule has 0 radical (unpaired) electrons. The van der Waals surface area contributed by atoms with Crippen LogP contribution in [0.25, 0.3) is 0 Å². The van der Waals surface area contributed by atoms with Gasteiger partial charge in [-0.1, -0.05) is 0 Å². The highest BCUT2D eigenvalue weighted by molar-refractivity contribution is 5.91. The number of nitrogens with zero attached hydrogens (tertiary/aromatic N) is 1. The molecule has 0 aliphatic carbocycles. The molecule has 0 aromatic heterocycles. The number of alkyl halides is 3. The topological polar surface area (TPSA) is 64.6 Å². The van der Waals surface area contributed by atoms with Crippen LogP contribution in [0.2, 0.25) is 0 Å². The fraction of sp³-hybridized carbons (Fsp3) is 0.500. The van der Waals surface area contributed by atoms with Crippen molar-refractivity contribution in [1.82, 2.24) is 5.32 Å². The second-order valence-corrected chi connectivity index (χ2v) is 5.74. The van der Waals surface area contributed by atoms with Crippen LogP contribution in [0.15, 0.2) is 18.2 Å². The van der Waals surface area contributed by atoms with Gasteiger partial charge in [-0.25, -0.2) is 4.79 Å². The Morgan fingerprint density at radius 3 is 2.32 bits per heavy atom. The van der Waals surface area contributed by atoms with Crippen molar-refractivity contribution in [2.24, 2.45) is 0 Å². The van der Waals surface area contributed by atoms with E-state index in [9.17, 15) is 18.0 Å². The lowest BCUT2D eigenvalue weighted by atomic mass is 10.1. The second-order valence-electron chi connectivity index (χ2n) is 5.74. The Labute approximate surface area is 127 Å². The number of nitrogens with one attached hydrogen (secondary N) is 2. The molecule has 124 valence electrons. The van der Waals surface area contributed by atoms with Gasteiger partial charge in [-0.3, -0.25) is 0 Å². The van der Waals surface area contributed by atoms with Crippen molar-refractivity contribution in [1.29, 1.82) is 0 Å². The second kappa shape index (κ2) is 6.43. The number of aliphatic hydroxyl groups is 1. The molecule has 5 nitrogen and oxygen atoms in total. The van der Waals surface area contributed by atoms with Crippen molar-refractivity contribution >= 4 is 17.4 Å². The van der Waals surface area contributed by atoms with E-state index in [2.05, 4.69) is 10.6 Å². The van der Waals surface area contributed by atoms with E-state index >= 15 is 0 Å². The van der Waals surface area contributed by atoms with Crippen LogP contribution in [-0.4, -0.2) is 37.4 Å². The molecule has 0 atom stereocenters. The van der Waals surface area contributed by atoms with Crippen LogP contribution < -0.4 is 15.5 Å². The van der Waals surface area contributed by atoms with Gasteiger partial charge in [0.05, 0.1) is 23.4 Å². The van der Waals surface area contributed by atoms with Crippen LogP contribution in [0.4, 0.5) is 29.3 Å². The molecule has 0 bridgehead atoms. The minimum absolute atomic E-state index is 0.341. The summed E-state index contributed by atoms with van der Waals surface area (Å²) in [4.78, 5) is 13.3. The lowest BCUT2D eigenvalue weighted by Gasteiger charge is -2.24. The molecule has 8 heteroatoms. The zero-order valence-electron chi connectivity index (χ0n) is 12.9. The van der Waals surface area contributed by atoms with E-state index in [1.54, 1.807) is 27.9 Å². The van der Waals surface area contributed by atoms with E-state index in [-0.39, 0.29) is 12.3 Å². The average molecular weight is 319 g/mol. The average Bonchev–Trinajstić information content (AvgIpc) is 2.36. The molecule has 0 aliphatic rings. The van der Waals surface area contributed by atoms with Gasteiger partial charge in [-0.15, -0.1) is 0 Å². The Morgan fingerprint density at radius 2 is 1.86 bits per heavy atom. The van der Waals surface area contributed by atoms with Gasteiger partial charge in [0.2, 0.25) is 0 Å². The molecule has 2 amide bonds. The number of anilines is 2. The third-order valence-corrected chi connectivity index (χ3v) is 2.92. The first-order valence-electron chi connectivity index (χ1n) is 6.55. The maximum absolute atomic E-state index is 13.1. The highest BCUT2D eigenvalue weighted by Gasteiger charge is 2.34. The number of benzene rings is 1. The standard InChI is InChI=1S/C14H20F3N3O2/c1-13(2,8-21)19-12(22)18-11-6-5-9(20(3)4)7-10(11)14(15,16)17/h5-7,21H,8H2,1-4H3,(H2,18,19,22). The third-order valence-electron chi connectivity index (χ3n) is 2.92. The first-order valence-corrected chi connectivity index (χ1v) is 6.55. The van der Waals surface area contributed by atoms with E-state index in [0.29, 0.717) is 5.69 Å². The van der Waals surface area contributed by atoms with Crippen molar-refractivity contribution in [2.45, 2.75) is 25.6 Å². The Bertz CT molecular complexity index is 543. The van der Waals surface area contributed by atoms with Crippen LogP contribution in [0.1, 0.15) is 19.4 Å². The minimum Gasteiger partial charge on any atom is -0.394 e. The van der Waals surface area contributed by atoms with Crippen molar-refractivity contribution in [3.63, 3.8) is 0 Å². The summed E-state index contributed by atoms with van der Waals surface area (Å²) in [5, 5.41) is 13.6. The summed E-state index contributed by atoms with van der Waals surface area (Å²) >= 11 is 0. The fourth-order valence-electron chi connectivity index (χ4n) is 1.65. The molecule has 0 spiro atoms. The van der Waals surface area contributed by atoms with E-state index in [1.807, 2.05) is 0 Å². The summed E-state index contributed by atoms with van der Waals surface area (Å²) in [7, 11) is 3.25. The molecule has 0 unspecified atom stereocenters. The van der Waals surface area contributed by atoms with E-state index in [1.165, 1.54) is 17.0 Å². The predicted molar refractivity (Wildman–Crippen MR) is 79.1 cm³/mol. The molecule has 3 N–H and O–H groups in total. The molecule has 0 heterocycles. The first-order chi connectivity index (χ1) is 9.96. The van der Waals surface area contributed by atoms with Gasteiger partial charge in [-0.05, 0) is 32.0 Å². The van der Waals surface area contributed by atoms with Gasteiger partial charge < -0.3 is 20.6 Å². The molecule has 22 heavy (non-hydrogen) atoms.